The number of benzene rings is 12. The zero-order chi connectivity index (χ0) is 100. The molecule has 0 atom stereocenters. The predicted octanol–water partition coefficient (Wildman–Crippen LogP) is 29.6. The summed E-state index contributed by atoms with van der Waals surface area (Å²) in [6.07, 6.45) is 0. The molecule has 0 radical (unpaired) electrons. The molecule has 6 N–H and O–H groups in total. The van der Waals surface area contributed by atoms with Gasteiger partial charge in [-0.05, 0) is 322 Å². The Morgan fingerprint density at radius 1 is 0.277 bits per heavy atom. The summed E-state index contributed by atoms with van der Waals surface area (Å²) in [5.74, 6) is 4.35. The van der Waals surface area contributed by atoms with Crippen molar-refractivity contribution in [3.63, 3.8) is 0 Å². The van der Waals surface area contributed by atoms with Gasteiger partial charge in [-0.1, -0.05) is 188 Å². The van der Waals surface area contributed by atoms with Gasteiger partial charge in [-0.2, -0.15) is 0 Å². The second-order valence-electron chi connectivity index (χ2n) is 30.2. The van der Waals surface area contributed by atoms with E-state index in [0.717, 1.165) is 126 Å². The van der Waals surface area contributed by atoms with E-state index in [4.69, 9.17) is 113 Å². The lowest BCUT2D eigenvalue weighted by Gasteiger charge is -2.16. The summed E-state index contributed by atoms with van der Waals surface area (Å²) in [4.78, 5) is 0. The number of halogens is 10. The fourth-order valence-corrected chi connectivity index (χ4v) is 15.2. The molecular formula is C103H106BrClF7IN6O12S6. The van der Waals surface area contributed by atoms with E-state index in [2.05, 4.69) is 123 Å². The lowest BCUT2D eigenvalue weighted by molar-refractivity contribution is 0.184. The highest BCUT2D eigenvalue weighted by Crippen LogP contribution is 2.34. The van der Waals surface area contributed by atoms with Crippen LogP contribution in [0.1, 0.15) is 106 Å². The number of ether oxygens (including phenoxy) is 12. The highest BCUT2D eigenvalue weighted by molar-refractivity contribution is 14.1. The first-order valence-electron chi connectivity index (χ1n) is 42.1. The first-order valence-corrected chi connectivity index (χ1v) is 46.8. The SMILES string of the molecule is Cc1ccc(OCc2c(Br)cccc2NC(=S)OCF)c(C)c1.Cc1ccc(OCc2c(C)cccc2NC(=S)OCF)c(C)c1.Cc1ccc(OCc2c(Cl)cccc2NC(=S)OCF)c(C)c1.Cc1ccc(OCc2c(F)cccc2NC(=S)OCF)c(C)c1.Cc1ccc(OCc2c(I)cccc2NC(=S)OCF)c(C)c1.Cc1ccc(OCc2ccccc2NC(=S)OCF)c(C)c1. The van der Waals surface area contributed by atoms with Gasteiger partial charge in [0, 0.05) is 74.9 Å². The van der Waals surface area contributed by atoms with E-state index in [1.807, 2.05) is 254 Å². The fourth-order valence-electron chi connectivity index (χ4n) is 12.9. The maximum atomic E-state index is 14.1. The highest BCUT2D eigenvalue weighted by Gasteiger charge is 2.19. The van der Waals surface area contributed by atoms with Crippen molar-refractivity contribution in [3.8, 4) is 34.5 Å². The second kappa shape index (κ2) is 59.7. The van der Waals surface area contributed by atoms with Crippen molar-refractivity contribution in [1.29, 1.82) is 0 Å². The van der Waals surface area contributed by atoms with E-state index in [1.165, 1.54) is 39.9 Å². The van der Waals surface area contributed by atoms with Crippen molar-refractivity contribution < 1.29 is 87.6 Å². The Kier molecular flexibility index (Phi) is 49.0. The number of hydrogen-bond acceptors (Lipinski definition) is 18. The average molecular weight is 2190 g/mol. The topological polar surface area (TPSA) is 183 Å². The van der Waals surface area contributed by atoms with Gasteiger partial charge in [0.1, 0.15) is 80.0 Å². The molecule has 0 aromatic heterocycles. The number of hydrogen-bond donors (Lipinski definition) is 6. The normalized spacial score (nSPS) is 10.2. The summed E-state index contributed by atoms with van der Waals surface area (Å²) in [6, 6.07) is 70.3. The maximum Gasteiger partial charge on any atom is 0.263 e. The lowest BCUT2D eigenvalue weighted by Crippen LogP contribution is -2.15. The van der Waals surface area contributed by atoms with Gasteiger partial charge >= 0.3 is 0 Å². The summed E-state index contributed by atoms with van der Waals surface area (Å²) >= 11 is 41.4. The summed E-state index contributed by atoms with van der Waals surface area (Å²) in [6.45, 7) is 22.0. The molecule has 12 rings (SSSR count). The highest BCUT2D eigenvalue weighted by atomic mass is 127. The number of thiocarbonyl (C=S) groups is 6. The third kappa shape index (κ3) is 38.8. The first kappa shape index (κ1) is 113. The molecule has 34 heteroatoms. The molecule has 0 bridgehead atoms. The van der Waals surface area contributed by atoms with E-state index in [9.17, 15) is 30.7 Å². The minimum atomic E-state index is -1.05. The number of nitrogens with one attached hydrogen (secondary N) is 6. The number of aryl methyl sites for hydroxylation is 13. The number of para-hydroxylation sites is 1. The van der Waals surface area contributed by atoms with Gasteiger partial charge in [0.25, 0.3) is 31.0 Å². The monoisotopic (exact) mass is 2180 g/mol. The molecule has 0 unspecified atom stereocenters. The molecule has 0 aliphatic heterocycles. The van der Waals surface area contributed by atoms with Crippen molar-refractivity contribution >= 4 is 189 Å². The molecule has 12 aromatic rings. The van der Waals surface area contributed by atoms with Crippen LogP contribution < -0.4 is 60.3 Å². The number of anilines is 6. The molecule has 18 nitrogen and oxygen atoms in total. The molecular weight excluding hydrogens is 2080 g/mol. The van der Waals surface area contributed by atoms with Crippen LogP contribution in [0.5, 0.6) is 34.5 Å². The Hall–Kier alpha value is -11.4. The van der Waals surface area contributed by atoms with Crippen molar-refractivity contribution in [2.24, 2.45) is 0 Å². The van der Waals surface area contributed by atoms with Gasteiger partial charge in [-0.3, -0.25) is 0 Å². The molecule has 0 amide bonds. The quantitative estimate of drug-likeness (QED) is 0.0142. The van der Waals surface area contributed by atoms with Gasteiger partial charge in [0.15, 0.2) is 0 Å². The van der Waals surface area contributed by atoms with E-state index >= 15 is 0 Å². The van der Waals surface area contributed by atoms with Crippen molar-refractivity contribution in [2.75, 3.05) is 73.1 Å². The molecule has 0 saturated carbocycles. The molecule has 0 aliphatic rings. The van der Waals surface area contributed by atoms with Crippen LogP contribution in [0, 0.1) is 99.4 Å². The van der Waals surface area contributed by atoms with Crippen LogP contribution in [0.15, 0.2) is 229 Å². The summed E-state index contributed by atoms with van der Waals surface area (Å²) < 4.78 is 152. The van der Waals surface area contributed by atoms with Crippen LogP contribution in [0.4, 0.5) is 64.9 Å². The van der Waals surface area contributed by atoms with E-state index in [1.54, 1.807) is 24.3 Å². The van der Waals surface area contributed by atoms with Crippen LogP contribution in [-0.2, 0) is 68.1 Å². The summed E-state index contributed by atoms with van der Waals surface area (Å²) in [5.41, 5.74) is 23.1. The Balaban J connectivity index is 0.000000224. The fraction of sp³-hybridized carbons (Fsp3) is 0.243. The largest absolute Gasteiger partial charge is 0.489 e. The Labute approximate surface area is 855 Å². The minimum absolute atomic E-state index is 0.00136. The van der Waals surface area contributed by atoms with Crippen LogP contribution in [0.2, 0.25) is 5.02 Å². The van der Waals surface area contributed by atoms with Gasteiger partial charge in [-0.25, -0.2) is 30.7 Å². The molecule has 726 valence electrons. The number of alkyl halides is 6. The van der Waals surface area contributed by atoms with Crippen LogP contribution in [-0.4, -0.2) is 72.2 Å². The van der Waals surface area contributed by atoms with Gasteiger partial charge < -0.3 is 88.7 Å². The Bertz CT molecular complexity index is 5370. The number of rotatable bonds is 30. The molecule has 0 spiro atoms. The standard InChI is InChI=1S/C18H20FNO2S.C17H17BrFNO2S.C17H17ClFNO2S.C17H17F2NO2S.C17H17FINO2S.C17H18FNO2S/c1-12-7-8-17(14(3)9-12)21-10-15-13(2)5-4-6-16(15)20-18(23)22-11-19;2*1-11-6-7-16(12(2)8-11)21-9-13-14(18)4-3-5-15(13)20-17(23)22-10-19;2*1-11-6-7-16(12(2)8-11)21-9-13-14(19)4-3-5-15(13)20-17(23)22-10-18;1-12-7-8-16(13(2)9-12)20-10-14-5-3-4-6-15(14)19-17(22)21-11-18/h4-9H,10-11H2,1-3H3,(H,20,23);4*3-8H,9-10H2,1-2H3,(H,20,23);3-9H,10-11H2,1-2H3,(H,19,22). The molecule has 0 fully saturated rings. The van der Waals surface area contributed by atoms with E-state index in [-0.39, 0.29) is 49.8 Å². The molecule has 0 heterocycles. The third-order valence-corrected chi connectivity index (χ3v) is 23.1. The zero-order valence-corrected chi connectivity index (χ0v) is 86.9. The van der Waals surface area contributed by atoms with Gasteiger partial charge in [0.05, 0.1) is 5.69 Å². The molecule has 12 aromatic carbocycles. The van der Waals surface area contributed by atoms with Crippen LogP contribution >= 0.6 is 123 Å². The molecule has 0 saturated heterocycles. The van der Waals surface area contributed by atoms with Crippen LogP contribution in [0.25, 0.3) is 0 Å². The van der Waals surface area contributed by atoms with Crippen molar-refractivity contribution in [2.45, 2.75) is 130 Å². The maximum absolute atomic E-state index is 14.1. The summed E-state index contributed by atoms with van der Waals surface area (Å²) in [7, 11) is 0. The van der Waals surface area contributed by atoms with Gasteiger partial charge in [0.2, 0.25) is 41.2 Å². The van der Waals surface area contributed by atoms with Crippen LogP contribution in [0.3, 0.4) is 0 Å². The smallest absolute Gasteiger partial charge is 0.263 e. The first-order chi connectivity index (χ1) is 65.6. The van der Waals surface area contributed by atoms with E-state index < -0.39 is 47.0 Å². The molecule has 0 aliphatic carbocycles. The molecule has 137 heavy (non-hydrogen) atoms. The minimum Gasteiger partial charge on any atom is -0.489 e. The van der Waals surface area contributed by atoms with Crippen molar-refractivity contribution in [1.82, 2.24) is 0 Å². The van der Waals surface area contributed by atoms with E-state index in [0.29, 0.717) is 54.3 Å². The van der Waals surface area contributed by atoms with Gasteiger partial charge in [-0.15, -0.1) is 0 Å². The van der Waals surface area contributed by atoms with Crippen molar-refractivity contribution in [3.05, 3.63) is 349 Å². The lowest BCUT2D eigenvalue weighted by atomic mass is 10.1. The zero-order valence-electron chi connectivity index (χ0n) is 77.5. The average Bonchev–Trinajstić information content (AvgIpc) is 0.811. The third-order valence-electron chi connectivity index (χ3n) is 19.7. The Morgan fingerprint density at radius 2 is 0.533 bits per heavy atom. The summed E-state index contributed by atoms with van der Waals surface area (Å²) in [5, 5.41) is 17.3. The Morgan fingerprint density at radius 3 is 0.891 bits per heavy atom. The second-order valence-corrected chi connectivity index (χ2v) is 34.8. The predicted molar refractivity (Wildman–Crippen MR) is 570 cm³/mol.